The van der Waals surface area contributed by atoms with E-state index in [0.717, 1.165) is 0 Å². The zero-order valence-corrected chi connectivity index (χ0v) is 17.3. The number of nitrogens with zero attached hydrogens (tertiary/aromatic N) is 3. The van der Waals surface area contributed by atoms with Crippen LogP contribution in [0.2, 0.25) is 0 Å². The Kier molecular flexibility index (Phi) is 5.76. The zero-order valence-electron chi connectivity index (χ0n) is 17.3. The Morgan fingerprint density at radius 1 is 1.23 bits per heavy atom. The van der Waals surface area contributed by atoms with E-state index in [2.05, 4.69) is 10.3 Å². The van der Waals surface area contributed by atoms with E-state index in [4.69, 9.17) is 4.74 Å². The lowest BCUT2D eigenvalue weighted by atomic mass is 9.77. The summed E-state index contributed by atoms with van der Waals surface area (Å²) in [5.41, 5.74) is 1.03. The average molecular weight is 412 g/mol. The molecule has 1 aliphatic carbocycles. The molecule has 8 nitrogen and oxygen atoms in total. The lowest BCUT2D eigenvalue weighted by molar-refractivity contribution is 0.0460. The molecule has 2 aliphatic rings. The van der Waals surface area contributed by atoms with Crippen LogP contribution in [0.15, 0.2) is 36.7 Å². The van der Waals surface area contributed by atoms with Crippen molar-refractivity contribution >= 4 is 11.8 Å². The van der Waals surface area contributed by atoms with Crippen LogP contribution in [0.5, 0.6) is 5.88 Å². The van der Waals surface area contributed by atoms with E-state index < -0.39 is 6.10 Å². The summed E-state index contributed by atoms with van der Waals surface area (Å²) in [4.78, 5) is 31.6. The van der Waals surface area contributed by atoms with Crippen molar-refractivity contribution in [3.05, 3.63) is 47.9 Å². The maximum absolute atomic E-state index is 12.8. The molecule has 160 valence electrons. The first-order valence-corrected chi connectivity index (χ1v) is 10.4. The van der Waals surface area contributed by atoms with Crippen molar-refractivity contribution in [2.24, 2.45) is 18.9 Å². The molecule has 0 bridgehead atoms. The van der Waals surface area contributed by atoms with Crippen LogP contribution in [-0.4, -0.2) is 63.2 Å². The molecule has 3 heterocycles. The van der Waals surface area contributed by atoms with Crippen molar-refractivity contribution in [2.45, 2.75) is 31.9 Å². The lowest BCUT2D eigenvalue weighted by Crippen LogP contribution is -2.49. The molecule has 4 atom stereocenters. The number of ether oxygens (including phenoxy) is 1. The maximum atomic E-state index is 12.8. The van der Waals surface area contributed by atoms with Crippen LogP contribution in [0.25, 0.3) is 0 Å². The largest absolute Gasteiger partial charge is 0.477 e. The highest BCUT2D eigenvalue weighted by molar-refractivity contribution is 5.96. The summed E-state index contributed by atoms with van der Waals surface area (Å²) in [6.45, 7) is 3.54. The summed E-state index contributed by atoms with van der Waals surface area (Å²) >= 11 is 0. The molecular formula is C22H28N4O4. The van der Waals surface area contributed by atoms with Gasteiger partial charge in [0, 0.05) is 32.5 Å². The Hall–Kier alpha value is -2.87. The number of hydrogen-bond donors (Lipinski definition) is 2. The topological polar surface area (TPSA) is 96.7 Å². The predicted octanol–water partition coefficient (Wildman–Crippen LogP) is 1.46. The van der Waals surface area contributed by atoms with Gasteiger partial charge in [-0.3, -0.25) is 9.59 Å². The van der Waals surface area contributed by atoms with Gasteiger partial charge >= 0.3 is 0 Å². The van der Waals surface area contributed by atoms with Crippen LogP contribution >= 0.6 is 0 Å². The summed E-state index contributed by atoms with van der Waals surface area (Å²) in [5.74, 6) is 0.506. The number of aliphatic hydroxyl groups is 1. The summed E-state index contributed by atoms with van der Waals surface area (Å²) < 4.78 is 7.27. The number of pyridine rings is 1. The number of carbonyl (C=O) groups excluding carboxylic acids is 2. The molecule has 2 fully saturated rings. The highest BCUT2D eigenvalue weighted by atomic mass is 16.5. The molecule has 0 unspecified atom stereocenters. The van der Waals surface area contributed by atoms with Crippen LogP contribution < -0.4 is 10.1 Å². The van der Waals surface area contributed by atoms with Crippen molar-refractivity contribution in [2.75, 3.05) is 19.7 Å². The van der Waals surface area contributed by atoms with Gasteiger partial charge in [-0.2, -0.15) is 0 Å². The van der Waals surface area contributed by atoms with Crippen molar-refractivity contribution < 1.29 is 19.4 Å². The quantitative estimate of drug-likeness (QED) is 0.775. The van der Waals surface area contributed by atoms with E-state index >= 15 is 0 Å². The summed E-state index contributed by atoms with van der Waals surface area (Å²) in [7, 11) is 1.86. The number of aliphatic hydroxyl groups excluding tert-OH is 1. The Morgan fingerprint density at radius 3 is 2.70 bits per heavy atom. The molecule has 0 radical (unpaired) electrons. The first kappa shape index (κ1) is 20.4. The van der Waals surface area contributed by atoms with Gasteiger partial charge in [-0.25, -0.2) is 4.98 Å². The molecule has 1 saturated carbocycles. The van der Waals surface area contributed by atoms with E-state index in [-0.39, 0.29) is 29.7 Å². The molecule has 30 heavy (non-hydrogen) atoms. The van der Waals surface area contributed by atoms with Gasteiger partial charge in [-0.05, 0) is 55.9 Å². The van der Waals surface area contributed by atoms with E-state index in [9.17, 15) is 14.7 Å². The SMILES string of the molecule is CCOc1ncccc1C(=O)N[C@H]1C[C@H]2CN(C(=O)c3cccn3C)C[C@H]2C[C@@H]1O. The van der Waals surface area contributed by atoms with Gasteiger partial charge in [0.1, 0.15) is 11.3 Å². The fraction of sp³-hybridized carbons (Fsp3) is 0.500. The Labute approximate surface area is 175 Å². The summed E-state index contributed by atoms with van der Waals surface area (Å²) in [6.07, 6.45) is 4.00. The fourth-order valence-electron chi connectivity index (χ4n) is 4.66. The smallest absolute Gasteiger partial charge is 0.270 e. The summed E-state index contributed by atoms with van der Waals surface area (Å²) in [6, 6.07) is 6.68. The van der Waals surface area contributed by atoms with Crippen molar-refractivity contribution in [1.29, 1.82) is 0 Å². The molecule has 2 amide bonds. The molecule has 2 aromatic rings. The van der Waals surface area contributed by atoms with Gasteiger partial charge in [0.15, 0.2) is 0 Å². The highest BCUT2D eigenvalue weighted by Crippen LogP contribution is 2.37. The van der Waals surface area contributed by atoms with Crippen LogP contribution in [0.3, 0.4) is 0 Å². The van der Waals surface area contributed by atoms with Crippen LogP contribution in [0.4, 0.5) is 0 Å². The number of rotatable bonds is 5. The molecule has 2 aromatic heterocycles. The number of amides is 2. The third-order valence-electron chi connectivity index (χ3n) is 6.21. The van der Waals surface area contributed by atoms with Crippen molar-refractivity contribution in [1.82, 2.24) is 19.8 Å². The fourth-order valence-corrected chi connectivity index (χ4v) is 4.66. The predicted molar refractivity (Wildman–Crippen MR) is 110 cm³/mol. The van der Waals surface area contributed by atoms with Gasteiger partial charge in [0.05, 0.1) is 18.8 Å². The Bertz CT molecular complexity index is 927. The standard InChI is InChI=1S/C22H28N4O4/c1-3-30-21-16(6-4-8-23-21)20(28)24-17-10-14-12-26(13-15(14)11-19(17)27)22(29)18-7-5-9-25(18)2/h4-9,14-15,17,19,27H,3,10-13H2,1-2H3,(H,24,28)/t14-,15+,17-,19-/m0/s1. The molecule has 4 rings (SSSR count). The van der Waals surface area contributed by atoms with Crippen LogP contribution in [0.1, 0.15) is 40.6 Å². The zero-order chi connectivity index (χ0) is 21.3. The number of likely N-dealkylation sites (tertiary alicyclic amines) is 1. The first-order valence-electron chi connectivity index (χ1n) is 10.4. The van der Waals surface area contributed by atoms with E-state index in [0.29, 0.717) is 49.7 Å². The monoisotopic (exact) mass is 412 g/mol. The number of aryl methyl sites for hydroxylation is 1. The van der Waals surface area contributed by atoms with Crippen LogP contribution in [0, 0.1) is 11.8 Å². The van der Waals surface area contributed by atoms with Crippen molar-refractivity contribution in [3.63, 3.8) is 0 Å². The van der Waals surface area contributed by atoms with E-state index in [1.807, 2.05) is 41.8 Å². The number of nitrogens with one attached hydrogen (secondary N) is 1. The van der Waals surface area contributed by atoms with Gasteiger partial charge in [0.2, 0.25) is 5.88 Å². The van der Waals surface area contributed by atoms with Gasteiger partial charge < -0.3 is 24.6 Å². The van der Waals surface area contributed by atoms with Gasteiger partial charge in [0.25, 0.3) is 11.8 Å². The van der Waals surface area contributed by atoms with Gasteiger partial charge in [-0.15, -0.1) is 0 Å². The first-order chi connectivity index (χ1) is 14.5. The molecule has 8 heteroatoms. The minimum Gasteiger partial charge on any atom is -0.477 e. The second-order valence-electron chi connectivity index (χ2n) is 8.14. The molecule has 1 aliphatic heterocycles. The molecule has 2 N–H and O–H groups in total. The lowest BCUT2D eigenvalue weighted by Gasteiger charge is -2.35. The maximum Gasteiger partial charge on any atom is 0.270 e. The average Bonchev–Trinajstić information content (AvgIpc) is 3.34. The minimum absolute atomic E-state index is 0.0173. The van der Waals surface area contributed by atoms with E-state index in [1.54, 1.807) is 18.3 Å². The Balaban J connectivity index is 1.42. The second-order valence-corrected chi connectivity index (χ2v) is 8.14. The number of aromatic nitrogens is 2. The minimum atomic E-state index is -0.646. The molecule has 0 spiro atoms. The Morgan fingerprint density at radius 2 is 2.00 bits per heavy atom. The van der Waals surface area contributed by atoms with Crippen molar-refractivity contribution in [3.8, 4) is 5.88 Å². The van der Waals surface area contributed by atoms with Crippen LogP contribution in [-0.2, 0) is 7.05 Å². The third-order valence-corrected chi connectivity index (χ3v) is 6.21. The molecular weight excluding hydrogens is 384 g/mol. The molecule has 0 aromatic carbocycles. The number of fused-ring (bicyclic) bond motifs is 1. The highest BCUT2D eigenvalue weighted by Gasteiger charge is 2.43. The van der Waals surface area contributed by atoms with Gasteiger partial charge in [-0.1, -0.05) is 0 Å². The summed E-state index contributed by atoms with van der Waals surface area (Å²) in [5, 5.41) is 13.6. The molecule has 1 saturated heterocycles. The normalized spacial score (nSPS) is 25.6. The second kappa shape index (κ2) is 8.47. The third kappa shape index (κ3) is 3.92. The van der Waals surface area contributed by atoms with E-state index in [1.165, 1.54) is 0 Å². The number of carbonyl (C=O) groups is 2. The number of hydrogen-bond acceptors (Lipinski definition) is 5.